The van der Waals surface area contributed by atoms with Crippen LogP contribution < -0.4 is 5.32 Å². The minimum atomic E-state index is -0.245. The molecule has 2 heterocycles. The molecule has 1 atom stereocenters. The number of nitriles is 1. The average Bonchev–Trinajstić information content (AvgIpc) is 3.17. The summed E-state index contributed by atoms with van der Waals surface area (Å²) in [6.07, 6.45) is 8.93. The van der Waals surface area contributed by atoms with E-state index < -0.39 is 0 Å². The maximum absolute atomic E-state index is 12.3. The predicted molar refractivity (Wildman–Crippen MR) is 97.3 cm³/mol. The molecule has 1 saturated heterocycles. The molecular formula is C19H25N5O2. The van der Waals surface area contributed by atoms with Gasteiger partial charge in [0.15, 0.2) is 0 Å². The minimum absolute atomic E-state index is 0.0346. The molecule has 7 nitrogen and oxygen atoms in total. The van der Waals surface area contributed by atoms with Crippen molar-refractivity contribution < 1.29 is 9.63 Å². The number of pyridine rings is 1. The summed E-state index contributed by atoms with van der Waals surface area (Å²) in [5.74, 6) is 0.0346. The Kier molecular flexibility index (Phi) is 6.56. The second kappa shape index (κ2) is 9.30. The van der Waals surface area contributed by atoms with Crippen molar-refractivity contribution in [1.29, 1.82) is 5.26 Å². The number of oxime groups is 1. The lowest BCUT2D eigenvalue weighted by Gasteiger charge is -2.28. The zero-order valence-electron chi connectivity index (χ0n) is 14.9. The number of amides is 1. The maximum Gasteiger partial charge on any atom is 0.237 e. The van der Waals surface area contributed by atoms with Crippen molar-refractivity contribution in [1.82, 2.24) is 15.2 Å². The van der Waals surface area contributed by atoms with Crippen molar-refractivity contribution in [3.05, 3.63) is 30.1 Å². The van der Waals surface area contributed by atoms with E-state index in [1.54, 1.807) is 17.3 Å². The second-order valence-electron chi connectivity index (χ2n) is 6.82. The van der Waals surface area contributed by atoms with Gasteiger partial charge < -0.3 is 15.1 Å². The highest BCUT2D eigenvalue weighted by atomic mass is 16.6. The second-order valence-corrected chi connectivity index (χ2v) is 6.82. The van der Waals surface area contributed by atoms with Crippen molar-refractivity contribution in [3.63, 3.8) is 0 Å². The van der Waals surface area contributed by atoms with Crippen LogP contribution in [0.15, 0.2) is 29.6 Å². The molecule has 0 radical (unpaired) electrons. The molecule has 138 valence electrons. The summed E-state index contributed by atoms with van der Waals surface area (Å²) in [6.45, 7) is 1.01. The van der Waals surface area contributed by atoms with Crippen molar-refractivity contribution in [2.75, 3.05) is 13.1 Å². The lowest BCUT2D eigenvalue weighted by Crippen LogP contribution is -2.44. The van der Waals surface area contributed by atoms with Crippen molar-refractivity contribution in [2.24, 2.45) is 5.16 Å². The van der Waals surface area contributed by atoms with Crippen LogP contribution in [0.2, 0.25) is 0 Å². The summed E-state index contributed by atoms with van der Waals surface area (Å²) in [7, 11) is 0. The number of likely N-dealkylation sites (tertiary alicyclic amines) is 1. The van der Waals surface area contributed by atoms with Crippen LogP contribution in [0.1, 0.15) is 44.2 Å². The fraction of sp³-hybridized carbons (Fsp3) is 0.579. The van der Waals surface area contributed by atoms with Crippen LogP contribution in [0.5, 0.6) is 0 Å². The Morgan fingerprint density at radius 3 is 2.96 bits per heavy atom. The molecule has 2 fully saturated rings. The zero-order valence-corrected chi connectivity index (χ0v) is 14.9. The van der Waals surface area contributed by atoms with Crippen molar-refractivity contribution in [3.8, 4) is 6.07 Å². The fourth-order valence-corrected chi connectivity index (χ4v) is 3.53. The number of aromatic nitrogens is 1. The third kappa shape index (κ3) is 5.02. The molecule has 0 bridgehead atoms. The Hall–Kier alpha value is -2.46. The van der Waals surface area contributed by atoms with Gasteiger partial charge in [0.2, 0.25) is 5.91 Å². The summed E-state index contributed by atoms with van der Waals surface area (Å²) < 4.78 is 0. The van der Waals surface area contributed by atoms with Gasteiger partial charge in [-0.2, -0.15) is 5.26 Å². The number of nitrogens with one attached hydrogen (secondary N) is 1. The molecular weight excluding hydrogens is 330 g/mol. The molecule has 1 unspecified atom stereocenters. The van der Waals surface area contributed by atoms with E-state index in [0.717, 1.165) is 44.2 Å². The van der Waals surface area contributed by atoms with E-state index in [1.807, 2.05) is 18.2 Å². The first-order valence-corrected chi connectivity index (χ1v) is 9.29. The van der Waals surface area contributed by atoms with Gasteiger partial charge in [-0.1, -0.05) is 11.2 Å². The van der Waals surface area contributed by atoms with Gasteiger partial charge >= 0.3 is 0 Å². The number of carbonyl (C=O) groups is 1. The number of hydrogen-bond acceptors (Lipinski definition) is 6. The van der Waals surface area contributed by atoms with Gasteiger partial charge in [0.25, 0.3) is 0 Å². The van der Waals surface area contributed by atoms with Crippen LogP contribution in [0, 0.1) is 11.3 Å². The summed E-state index contributed by atoms with van der Waals surface area (Å²) in [5.41, 5.74) is 0.777. The largest absolute Gasteiger partial charge is 0.392 e. The molecule has 1 aromatic heterocycles. The number of hydrogen-bond donors (Lipinski definition) is 1. The molecule has 1 aromatic rings. The van der Waals surface area contributed by atoms with Crippen LogP contribution in [-0.2, 0) is 9.63 Å². The van der Waals surface area contributed by atoms with E-state index in [9.17, 15) is 4.79 Å². The number of carbonyl (C=O) groups excluding carboxylic acids is 1. The topological polar surface area (TPSA) is 90.6 Å². The lowest BCUT2D eigenvalue weighted by atomic mass is 9.93. The minimum Gasteiger partial charge on any atom is -0.392 e. The molecule has 0 spiro atoms. The molecule has 7 heteroatoms. The van der Waals surface area contributed by atoms with E-state index in [2.05, 4.69) is 21.5 Å². The number of nitrogens with zero attached hydrogens (tertiary/aromatic N) is 4. The molecule has 3 rings (SSSR count). The maximum atomic E-state index is 12.3. The van der Waals surface area contributed by atoms with E-state index in [-0.39, 0.29) is 18.1 Å². The Morgan fingerprint density at radius 2 is 2.23 bits per heavy atom. The SMILES string of the molecule is N#CC1CCCN1C(=O)CNC1CCC(O/N=C/c2ccccn2)CC1. The van der Waals surface area contributed by atoms with Gasteiger partial charge in [-0.25, -0.2) is 0 Å². The van der Waals surface area contributed by atoms with Crippen LogP contribution in [0.25, 0.3) is 0 Å². The molecule has 1 N–H and O–H groups in total. The predicted octanol–water partition coefficient (Wildman–Crippen LogP) is 1.85. The van der Waals surface area contributed by atoms with E-state index in [4.69, 9.17) is 10.1 Å². The highest BCUT2D eigenvalue weighted by Crippen LogP contribution is 2.22. The fourth-order valence-electron chi connectivity index (χ4n) is 3.53. The first-order chi connectivity index (χ1) is 12.8. The highest BCUT2D eigenvalue weighted by Gasteiger charge is 2.29. The van der Waals surface area contributed by atoms with Gasteiger partial charge in [-0.05, 0) is 50.7 Å². The Labute approximate surface area is 154 Å². The lowest BCUT2D eigenvalue weighted by molar-refractivity contribution is -0.130. The molecule has 1 aliphatic heterocycles. The van der Waals surface area contributed by atoms with Crippen LogP contribution in [0.3, 0.4) is 0 Å². The molecule has 26 heavy (non-hydrogen) atoms. The number of rotatable bonds is 6. The smallest absolute Gasteiger partial charge is 0.237 e. The van der Waals surface area contributed by atoms with Crippen molar-refractivity contribution >= 4 is 12.1 Å². The van der Waals surface area contributed by atoms with Crippen LogP contribution >= 0.6 is 0 Å². The third-order valence-electron chi connectivity index (χ3n) is 5.02. The van der Waals surface area contributed by atoms with E-state index in [1.165, 1.54) is 0 Å². The normalized spacial score (nSPS) is 26.0. The van der Waals surface area contributed by atoms with Gasteiger partial charge in [0.1, 0.15) is 12.1 Å². The molecule has 1 aliphatic carbocycles. The Bertz CT molecular complexity index is 650. The van der Waals surface area contributed by atoms with Gasteiger partial charge in [0.05, 0.1) is 24.5 Å². The monoisotopic (exact) mass is 355 g/mol. The zero-order chi connectivity index (χ0) is 18.2. The van der Waals surface area contributed by atoms with Crippen molar-refractivity contribution in [2.45, 2.75) is 56.7 Å². The van der Waals surface area contributed by atoms with Gasteiger partial charge in [-0.3, -0.25) is 9.78 Å². The summed E-state index contributed by atoms with van der Waals surface area (Å²) in [5, 5.41) is 16.5. The Balaban J connectivity index is 1.34. The van der Waals surface area contributed by atoms with E-state index in [0.29, 0.717) is 19.1 Å². The van der Waals surface area contributed by atoms with Crippen LogP contribution in [-0.4, -0.2) is 53.3 Å². The molecule has 1 amide bonds. The van der Waals surface area contributed by atoms with Gasteiger partial charge in [0, 0.05) is 18.8 Å². The Morgan fingerprint density at radius 1 is 1.38 bits per heavy atom. The highest BCUT2D eigenvalue weighted by molar-refractivity contribution is 5.79. The first-order valence-electron chi connectivity index (χ1n) is 9.29. The first kappa shape index (κ1) is 18.3. The summed E-state index contributed by atoms with van der Waals surface area (Å²) in [4.78, 5) is 23.7. The summed E-state index contributed by atoms with van der Waals surface area (Å²) >= 11 is 0. The third-order valence-corrected chi connectivity index (χ3v) is 5.02. The standard InChI is InChI=1S/C19H25N5O2/c20-12-17-5-3-11-24(17)19(25)14-22-15-6-8-18(9-7-15)26-23-13-16-4-1-2-10-21-16/h1-2,4,10,13,15,17-18,22H,3,5-9,11,14H2/b23-13+. The van der Waals surface area contributed by atoms with Gasteiger partial charge in [-0.15, -0.1) is 0 Å². The molecule has 2 aliphatic rings. The average molecular weight is 355 g/mol. The quantitative estimate of drug-likeness (QED) is 0.621. The molecule has 0 aromatic carbocycles. The van der Waals surface area contributed by atoms with E-state index >= 15 is 0 Å². The van der Waals surface area contributed by atoms with Crippen LogP contribution in [0.4, 0.5) is 0 Å². The molecule has 1 saturated carbocycles. The summed E-state index contributed by atoms with van der Waals surface area (Å²) in [6, 6.07) is 7.94.